The molecule has 0 bridgehead atoms. The predicted octanol–water partition coefficient (Wildman–Crippen LogP) is 2.81. The van der Waals surface area contributed by atoms with E-state index >= 15 is 0 Å². The minimum atomic E-state index is -0.469. The zero-order valence-corrected chi connectivity index (χ0v) is 7.68. The maximum atomic E-state index is 10.1. The zero-order valence-electron chi connectivity index (χ0n) is 7.68. The van der Waals surface area contributed by atoms with E-state index in [1.54, 1.807) is 6.08 Å². The molecule has 1 saturated carbocycles. The Kier molecular flexibility index (Phi) is 3.10. The molecule has 1 fully saturated rings. The van der Waals surface area contributed by atoms with Crippen molar-refractivity contribution >= 4 is 0 Å². The molecule has 1 aliphatic carbocycles. The monoisotopic (exact) mass is 166 g/mol. The molecular formula is C11H18O. The molecule has 1 nitrogen and oxygen atoms in total. The molecule has 0 saturated heterocycles. The first-order valence-corrected chi connectivity index (χ1v) is 4.69. The van der Waals surface area contributed by atoms with Gasteiger partial charge in [-0.05, 0) is 12.8 Å². The second-order valence-electron chi connectivity index (χ2n) is 3.82. The lowest BCUT2D eigenvalue weighted by Gasteiger charge is -2.32. The lowest BCUT2D eigenvalue weighted by atomic mass is 9.81. The van der Waals surface area contributed by atoms with Gasteiger partial charge in [0.15, 0.2) is 0 Å². The van der Waals surface area contributed by atoms with E-state index in [0.29, 0.717) is 6.42 Å². The second-order valence-corrected chi connectivity index (χ2v) is 3.82. The summed E-state index contributed by atoms with van der Waals surface area (Å²) < 4.78 is 0. The minimum Gasteiger partial charge on any atom is -0.390 e. The third-order valence-corrected chi connectivity index (χ3v) is 2.63. The van der Waals surface area contributed by atoms with Gasteiger partial charge >= 0.3 is 0 Å². The maximum absolute atomic E-state index is 10.1. The molecule has 1 aliphatic rings. The summed E-state index contributed by atoms with van der Waals surface area (Å²) in [5.74, 6) is 0. The normalized spacial score (nSPS) is 21.8. The van der Waals surface area contributed by atoms with Crippen LogP contribution in [-0.4, -0.2) is 10.7 Å². The van der Waals surface area contributed by atoms with Gasteiger partial charge in [0.25, 0.3) is 0 Å². The molecule has 12 heavy (non-hydrogen) atoms. The molecule has 0 amide bonds. The summed E-state index contributed by atoms with van der Waals surface area (Å²) in [6.07, 6.45) is 7.88. The molecule has 68 valence electrons. The van der Waals surface area contributed by atoms with E-state index in [2.05, 4.69) is 13.2 Å². The Morgan fingerprint density at radius 3 is 2.42 bits per heavy atom. The van der Waals surface area contributed by atoms with Gasteiger partial charge in [0, 0.05) is 6.42 Å². The summed E-state index contributed by atoms with van der Waals surface area (Å²) in [4.78, 5) is 0. The topological polar surface area (TPSA) is 20.2 Å². The summed E-state index contributed by atoms with van der Waals surface area (Å²) in [5.41, 5.74) is 0.489. The average Bonchev–Trinajstić information content (AvgIpc) is 2.05. The van der Waals surface area contributed by atoms with Crippen LogP contribution < -0.4 is 0 Å². The van der Waals surface area contributed by atoms with Crippen LogP contribution >= 0.6 is 0 Å². The van der Waals surface area contributed by atoms with Crippen molar-refractivity contribution in [3.8, 4) is 0 Å². The van der Waals surface area contributed by atoms with Crippen molar-refractivity contribution in [1.82, 2.24) is 0 Å². The Bertz CT molecular complexity index is 175. The summed E-state index contributed by atoms with van der Waals surface area (Å²) in [5, 5.41) is 10.1. The lowest BCUT2D eigenvalue weighted by molar-refractivity contribution is 0.00535. The van der Waals surface area contributed by atoms with E-state index in [0.717, 1.165) is 31.3 Å². The molecule has 0 aromatic carbocycles. The van der Waals surface area contributed by atoms with Crippen molar-refractivity contribution in [3.63, 3.8) is 0 Å². The van der Waals surface area contributed by atoms with Gasteiger partial charge in [-0.1, -0.05) is 44.1 Å². The summed E-state index contributed by atoms with van der Waals surface area (Å²) in [6.45, 7) is 7.48. The zero-order chi connectivity index (χ0) is 9.03. The molecule has 0 aromatic rings. The highest BCUT2D eigenvalue weighted by Crippen LogP contribution is 2.32. The number of aliphatic hydroxyl groups is 1. The fourth-order valence-corrected chi connectivity index (χ4v) is 1.88. The molecule has 0 radical (unpaired) electrons. The number of hydrogen-bond donors (Lipinski definition) is 1. The fourth-order valence-electron chi connectivity index (χ4n) is 1.88. The Balaban J connectivity index is 2.46. The van der Waals surface area contributed by atoms with Crippen LogP contribution in [0.3, 0.4) is 0 Å². The summed E-state index contributed by atoms with van der Waals surface area (Å²) >= 11 is 0. The average molecular weight is 166 g/mol. The number of allylic oxidation sites excluding steroid dienone is 1. The molecule has 0 spiro atoms. The summed E-state index contributed by atoms with van der Waals surface area (Å²) in [6, 6.07) is 0. The van der Waals surface area contributed by atoms with Gasteiger partial charge in [-0.15, -0.1) is 0 Å². The van der Waals surface area contributed by atoms with E-state index in [1.807, 2.05) is 0 Å². The highest BCUT2D eigenvalue weighted by molar-refractivity contribution is 5.14. The van der Waals surface area contributed by atoms with E-state index in [9.17, 15) is 5.11 Å². The van der Waals surface area contributed by atoms with Gasteiger partial charge in [0.1, 0.15) is 0 Å². The quantitative estimate of drug-likeness (QED) is 0.639. The van der Waals surface area contributed by atoms with Crippen molar-refractivity contribution < 1.29 is 5.11 Å². The van der Waals surface area contributed by atoms with E-state index in [-0.39, 0.29) is 0 Å². The van der Waals surface area contributed by atoms with Crippen LogP contribution in [0.4, 0.5) is 0 Å². The van der Waals surface area contributed by atoms with Gasteiger partial charge < -0.3 is 5.11 Å². The first-order valence-electron chi connectivity index (χ1n) is 4.69. The highest BCUT2D eigenvalue weighted by Gasteiger charge is 2.28. The molecule has 0 unspecified atom stereocenters. The largest absolute Gasteiger partial charge is 0.390 e. The second kappa shape index (κ2) is 3.90. The Labute approximate surface area is 74.8 Å². The first-order chi connectivity index (χ1) is 5.66. The molecule has 1 heteroatoms. The van der Waals surface area contributed by atoms with Gasteiger partial charge in [0.2, 0.25) is 0 Å². The summed E-state index contributed by atoms with van der Waals surface area (Å²) in [7, 11) is 0. The lowest BCUT2D eigenvalue weighted by Crippen LogP contribution is -2.31. The van der Waals surface area contributed by atoms with Crippen LogP contribution in [0.25, 0.3) is 0 Å². The van der Waals surface area contributed by atoms with Gasteiger partial charge in [-0.25, -0.2) is 0 Å². The van der Waals surface area contributed by atoms with E-state index in [4.69, 9.17) is 0 Å². The van der Waals surface area contributed by atoms with Crippen LogP contribution in [0.1, 0.15) is 38.5 Å². The van der Waals surface area contributed by atoms with Gasteiger partial charge in [-0.3, -0.25) is 0 Å². The Morgan fingerprint density at radius 1 is 1.33 bits per heavy atom. The Morgan fingerprint density at radius 2 is 1.92 bits per heavy atom. The van der Waals surface area contributed by atoms with Crippen molar-refractivity contribution in [2.24, 2.45) is 0 Å². The van der Waals surface area contributed by atoms with Crippen LogP contribution in [0.2, 0.25) is 0 Å². The SMILES string of the molecule is C=CC(=C)CC1(O)CCCCC1. The molecule has 0 aliphatic heterocycles. The molecule has 0 heterocycles. The minimum absolute atomic E-state index is 0.469. The number of hydrogen-bond acceptors (Lipinski definition) is 1. The Hall–Kier alpha value is -0.560. The first kappa shape index (κ1) is 9.53. The highest BCUT2D eigenvalue weighted by atomic mass is 16.3. The standard InChI is InChI=1S/C11H18O/c1-3-10(2)9-11(12)7-5-4-6-8-11/h3,12H,1-2,4-9H2. The van der Waals surface area contributed by atoms with Crippen LogP contribution in [0.15, 0.2) is 24.8 Å². The third-order valence-electron chi connectivity index (χ3n) is 2.63. The van der Waals surface area contributed by atoms with E-state index < -0.39 is 5.60 Å². The molecule has 0 atom stereocenters. The molecular weight excluding hydrogens is 148 g/mol. The van der Waals surface area contributed by atoms with Crippen molar-refractivity contribution in [2.45, 2.75) is 44.1 Å². The molecule has 1 N–H and O–H groups in total. The van der Waals surface area contributed by atoms with Gasteiger partial charge in [0.05, 0.1) is 5.60 Å². The van der Waals surface area contributed by atoms with Crippen LogP contribution in [-0.2, 0) is 0 Å². The van der Waals surface area contributed by atoms with Crippen LogP contribution in [0, 0.1) is 0 Å². The predicted molar refractivity (Wildman–Crippen MR) is 52.0 cm³/mol. The molecule has 0 aromatic heterocycles. The van der Waals surface area contributed by atoms with Crippen LogP contribution in [0.5, 0.6) is 0 Å². The van der Waals surface area contributed by atoms with Crippen molar-refractivity contribution in [1.29, 1.82) is 0 Å². The fraction of sp³-hybridized carbons (Fsp3) is 0.636. The molecule has 1 rings (SSSR count). The number of rotatable bonds is 3. The van der Waals surface area contributed by atoms with E-state index in [1.165, 1.54) is 6.42 Å². The van der Waals surface area contributed by atoms with Crippen molar-refractivity contribution in [3.05, 3.63) is 24.8 Å². The van der Waals surface area contributed by atoms with Gasteiger partial charge in [-0.2, -0.15) is 0 Å². The smallest absolute Gasteiger partial charge is 0.0687 e. The third kappa shape index (κ3) is 2.49. The van der Waals surface area contributed by atoms with Crippen molar-refractivity contribution in [2.75, 3.05) is 0 Å². The maximum Gasteiger partial charge on any atom is 0.0687 e.